The van der Waals surface area contributed by atoms with Crippen molar-refractivity contribution in [1.29, 1.82) is 0 Å². The number of carbonyl (C=O) groups is 2. The van der Waals surface area contributed by atoms with E-state index in [2.05, 4.69) is 10.9 Å². The lowest BCUT2D eigenvalue weighted by molar-refractivity contribution is -0.119. The fraction of sp³-hybridized carbons (Fsp3) is 0.467. The van der Waals surface area contributed by atoms with E-state index in [9.17, 15) is 18.0 Å². The highest BCUT2D eigenvalue weighted by molar-refractivity contribution is 7.89. The van der Waals surface area contributed by atoms with Gasteiger partial charge in [0.25, 0.3) is 5.91 Å². The molecule has 0 radical (unpaired) electrons. The lowest BCUT2D eigenvalue weighted by Crippen LogP contribution is -2.48. The number of nitrogens with one attached hydrogen (secondary N) is 2. The topological polar surface area (TPSA) is 105 Å². The van der Waals surface area contributed by atoms with Crippen LogP contribution in [-0.2, 0) is 19.6 Å². The van der Waals surface area contributed by atoms with Crippen LogP contribution >= 0.6 is 0 Å². The molecule has 132 valence electrons. The van der Waals surface area contributed by atoms with Gasteiger partial charge in [0, 0.05) is 25.6 Å². The number of nitrogens with zero attached hydrogens (tertiary/aromatic N) is 1. The normalized spacial score (nSPS) is 22.0. The molecule has 24 heavy (non-hydrogen) atoms. The van der Waals surface area contributed by atoms with E-state index < -0.39 is 21.8 Å². The number of sulfonamides is 1. The summed E-state index contributed by atoms with van der Waals surface area (Å²) in [6, 6.07) is 5.56. The first-order valence-corrected chi connectivity index (χ1v) is 8.96. The molecule has 9 heteroatoms. The molecular weight excluding hydrogens is 334 g/mol. The van der Waals surface area contributed by atoms with Crippen LogP contribution in [-0.4, -0.2) is 49.8 Å². The van der Waals surface area contributed by atoms with Crippen molar-refractivity contribution in [3.05, 3.63) is 29.8 Å². The molecule has 2 atom stereocenters. The lowest BCUT2D eigenvalue weighted by Gasteiger charge is -2.34. The van der Waals surface area contributed by atoms with Crippen molar-refractivity contribution in [2.75, 3.05) is 13.1 Å². The molecule has 8 nitrogen and oxygen atoms in total. The Hall–Kier alpha value is -1.97. The maximum atomic E-state index is 12.7. The highest BCUT2D eigenvalue weighted by Crippen LogP contribution is 2.21. The highest BCUT2D eigenvalue weighted by Gasteiger charge is 2.32. The molecule has 2 rings (SSSR count). The number of benzene rings is 1. The summed E-state index contributed by atoms with van der Waals surface area (Å²) in [7, 11) is -3.64. The van der Waals surface area contributed by atoms with Crippen molar-refractivity contribution in [1.82, 2.24) is 15.2 Å². The van der Waals surface area contributed by atoms with E-state index in [0.29, 0.717) is 0 Å². The first-order valence-electron chi connectivity index (χ1n) is 7.52. The van der Waals surface area contributed by atoms with Gasteiger partial charge in [-0.15, -0.1) is 0 Å². The standard InChI is InChI=1S/C15H21N3O5S/c1-10-8-18(9-11(2)23-10)24(21,22)14-6-4-13(5-7-14)15(20)17-16-12(3)19/h4-7,10-11H,8-9H2,1-3H3,(H,16,19)(H,17,20)/t10-,11-/m1/s1. The number of rotatable bonds is 3. The van der Waals surface area contributed by atoms with E-state index in [1.807, 2.05) is 13.8 Å². The summed E-state index contributed by atoms with van der Waals surface area (Å²) in [5.74, 6) is -0.930. The molecule has 1 aromatic carbocycles. The number of carbonyl (C=O) groups excluding carboxylic acids is 2. The highest BCUT2D eigenvalue weighted by atomic mass is 32.2. The van der Waals surface area contributed by atoms with Gasteiger partial charge in [-0.05, 0) is 38.1 Å². The second kappa shape index (κ2) is 7.29. The van der Waals surface area contributed by atoms with Gasteiger partial charge in [0.15, 0.2) is 0 Å². The van der Waals surface area contributed by atoms with Gasteiger partial charge in [-0.2, -0.15) is 4.31 Å². The van der Waals surface area contributed by atoms with Crippen molar-refractivity contribution in [3.63, 3.8) is 0 Å². The maximum Gasteiger partial charge on any atom is 0.269 e. The Kier molecular flexibility index (Phi) is 5.58. The second-order valence-corrected chi connectivity index (χ2v) is 7.68. The number of hydrogen-bond acceptors (Lipinski definition) is 5. The third kappa shape index (κ3) is 4.31. The van der Waals surface area contributed by atoms with Crippen LogP contribution in [0.1, 0.15) is 31.1 Å². The summed E-state index contributed by atoms with van der Waals surface area (Å²) in [6.07, 6.45) is -0.350. The zero-order chi connectivity index (χ0) is 17.9. The third-order valence-corrected chi connectivity index (χ3v) is 5.34. The van der Waals surface area contributed by atoms with Crippen LogP contribution < -0.4 is 10.9 Å². The van der Waals surface area contributed by atoms with Gasteiger partial charge in [-0.1, -0.05) is 0 Å². The smallest absolute Gasteiger partial charge is 0.269 e. The van der Waals surface area contributed by atoms with Crippen LogP contribution in [0.3, 0.4) is 0 Å². The van der Waals surface area contributed by atoms with Crippen LogP contribution in [0.5, 0.6) is 0 Å². The van der Waals surface area contributed by atoms with E-state index in [-0.39, 0.29) is 35.8 Å². The average molecular weight is 355 g/mol. The molecule has 1 fully saturated rings. The number of amides is 2. The monoisotopic (exact) mass is 355 g/mol. The van der Waals surface area contributed by atoms with Gasteiger partial charge in [-0.25, -0.2) is 8.42 Å². The molecule has 1 aliphatic rings. The molecular formula is C15H21N3O5S. The predicted octanol–water partition coefficient (Wildman–Crippen LogP) is 0.265. The zero-order valence-corrected chi connectivity index (χ0v) is 14.6. The summed E-state index contributed by atoms with van der Waals surface area (Å²) in [4.78, 5) is 22.7. The number of hydrazine groups is 1. The molecule has 2 amide bonds. The van der Waals surface area contributed by atoms with Crippen molar-refractivity contribution >= 4 is 21.8 Å². The van der Waals surface area contributed by atoms with Gasteiger partial charge < -0.3 is 4.74 Å². The van der Waals surface area contributed by atoms with Gasteiger partial charge >= 0.3 is 0 Å². The molecule has 1 aliphatic heterocycles. The van der Waals surface area contributed by atoms with Crippen LogP contribution in [0.25, 0.3) is 0 Å². The van der Waals surface area contributed by atoms with E-state index in [1.165, 1.54) is 35.5 Å². The lowest BCUT2D eigenvalue weighted by atomic mass is 10.2. The number of hydrogen-bond donors (Lipinski definition) is 2. The molecule has 2 N–H and O–H groups in total. The Bertz CT molecular complexity index is 707. The van der Waals surface area contributed by atoms with E-state index in [4.69, 9.17) is 4.74 Å². The average Bonchev–Trinajstić information content (AvgIpc) is 2.51. The van der Waals surface area contributed by atoms with Crippen molar-refractivity contribution in [2.45, 2.75) is 37.9 Å². The van der Waals surface area contributed by atoms with Gasteiger partial charge in [0.2, 0.25) is 15.9 Å². The Morgan fingerprint density at radius 3 is 2.12 bits per heavy atom. The summed E-state index contributed by atoms with van der Waals surface area (Å²) in [6.45, 7) is 5.50. The summed E-state index contributed by atoms with van der Waals surface area (Å²) >= 11 is 0. The Balaban J connectivity index is 2.14. The van der Waals surface area contributed by atoms with E-state index >= 15 is 0 Å². The van der Waals surface area contributed by atoms with Crippen molar-refractivity contribution in [2.24, 2.45) is 0 Å². The minimum Gasteiger partial charge on any atom is -0.373 e. The predicted molar refractivity (Wildman–Crippen MR) is 86.5 cm³/mol. The van der Waals surface area contributed by atoms with Crippen LogP contribution in [0, 0.1) is 0 Å². The van der Waals surface area contributed by atoms with Crippen molar-refractivity contribution < 1.29 is 22.7 Å². The first-order chi connectivity index (χ1) is 11.2. The summed E-state index contributed by atoms with van der Waals surface area (Å²) < 4.78 is 32.3. The molecule has 0 aliphatic carbocycles. The van der Waals surface area contributed by atoms with Crippen LogP contribution in [0.4, 0.5) is 0 Å². The summed E-state index contributed by atoms with van der Waals surface area (Å²) in [5, 5.41) is 0. The van der Waals surface area contributed by atoms with Gasteiger partial charge in [0.05, 0.1) is 17.1 Å². The minimum atomic E-state index is -3.64. The molecule has 1 heterocycles. The third-order valence-electron chi connectivity index (χ3n) is 3.49. The van der Waals surface area contributed by atoms with Gasteiger partial charge in [0.1, 0.15) is 0 Å². The maximum absolute atomic E-state index is 12.7. The molecule has 0 saturated carbocycles. The second-order valence-electron chi connectivity index (χ2n) is 5.74. The molecule has 0 aromatic heterocycles. The van der Waals surface area contributed by atoms with Crippen LogP contribution in [0.15, 0.2) is 29.2 Å². The zero-order valence-electron chi connectivity index (χ0n) is 13.8. The fourth-order valence-electron chi connectivity index (χ4n) is 2.47. The first kappa shape index (κ1) is 18.4. The van der Waals surface area contributed by atoms with E-state index in [1.54, 1.807) is 0 Å². The fourth-order valence-corrected chi connectivity index (χ4v) is 4.06. The number of morpholine rings is 1. The van der Waals surface area contributed by atoms with Gasteiger partial charge in [-0.3, -0.25) is 20.4 Å². The quantitative estimate of drug-likeness (QED) is 0.757. The molecule has 0 bridgehead atoms. The Morgan fingerprint density at radius 2 is 1.62 bits per heavy atom. The molecule has 0 unspecified atom stereocenters. The Morgan fingerprint density at radius 1 is 1.08 bits per heavy atom. The molecule has 1 aromatic rings. The van der Waals surface area contributed by atoms with E-state index in [0.717, 1.165) is 0 Å². The largest absolute Gasteiger partial charge is 0.373 e. The molecule has 1 saturated heterocycles. The van der Waals surface area contributed by atoms with Crippen LogP contribution in [0.2, 0.25) is 0 Å². The SMILES string of the molecule is CC(=O)NNC(=O)c1ccc(S(=O)(=O)N2C[C@@H](C)O[C@H](C)C2)cc1. The number of ether oxygens (including phenoxy) is 1. The van der Waals surface area contributed by atoms with Crippen molar-refractivity contribution in [3.8, 4) is 0 Å². The Labute approximate surface area is 141 Å². The molecule has 0 spiro atoms. The summed E-state index contributed by atoms with van der Waals surface area (Å²) in [5.41, 5.74) is 4.63. The minimum absolute atomic E-state index is 0.111.